The third-order valence-electron chi connectivity index (χ3n) is 3.51. The minimum atomic E-state index is 0.178. The molecule has 2 aliphatic rings. The molecular formula is C11H19NO. The van der Waals surface area contributed by atoms with Crippen molar-refractivity contribution < 1.29 is 4.79 Å². The van der Waals surface area contributed by atoms with Crippen molar-refractivity contribution in [1.82, 2.24) is 4.90 Å². The van der Waals surface area contributed by atoms with Crippen LogP contribution in [0.4, 0.5) is 0 Å². The molecule has 2 nitrogen and oxygen atoms in total. The molecule has 0 aromatic heterocycles. The standard InChI is InChI=1S/C11H19NO/c1-8(2)11(13)12-6-5-9-3-4-10(12)7-9/h8-10H,3-7H2,1-2H3/t9-,10-/m0/s1. The maximum Gasteiger partial charge on any atom is 0.225 e. The van der Waals surface area contributed by atoms with Gasteiger partial charge in [0.15, 0.2) is 0 Å². The van der Waals surface area contributed by atoms with E-state index in [0.29, 0.717) is 11.9 Å². The van der Waals surface area contributed by atoms with Crippen molar-refractivity contribution in [3.05, 3.63) is 0 Å². The highest BCUT2D eigenvalue weighted by Gasteiger charge is 2.36. The molecule has 2 atom stereocenters. The van der Waals surface area contributed by atoms with Gasteiger partial charge in [0.2, 0.25) is 5.91 Å². The second-order valence-corrected chi connectivity index (χ2v) is 4.81. The quantitative estimate of drug-likeness (QED) is 0.606. The van der Waals surface area contributed by atoms with Crippen molar-refractivity contribution in [2.24, 2.45) is 11.8 Å². The third-order valence-corrected chi connectivity index (χ3v) is 3.51. The van der Waals surface area contributed by atoms with E-state index in [9.17, 15) is 4.79 Å². The Bertz CT molecular complexity index is 212. The Morgan fingerprint density at radius 3 is 2.77 bits per heavy atom. The molecular weight excluding hydrogens is 162 g/mol. The van der Waals surface area contributed by atoms with Crippen LogP contribution in [0.2, 0.25) is 0 Å². The van der Waals surface area contributed by atoms with E-state index in [4.69, 9.17) is 0 Å². The molecule has 0 aromatic carbocycles. The summed E-state index contributed by atoms with van der Waals surface area (Å²) in [6, 6.07) is 0.591. The molecule has 2 heteroatoms. The largest absolute Gasteiger partial charge is 0.339 e. The zero-order valence-electron chi connectivity index (χ0n) is 8.62. The van der Waals surface area contributed by atoms with Gasteiger partial charge in [0.1, 0.15) is 0 Å². The topological polar surface area (TPSA) is 20.3 Å². The van der Waals surface area contributed by atoms with Crippen LogP contribution in [0.5, 0.6) is 0 Å². The average molecular weight is 181 g/mol. The number of piperidine rings is 1. The molecule has 1 saturated carbocycles. The number of likely N-dealkylation sites (tertiary alicyclic amines) is 1. The van der Waals surface area contributed by atoms with Gasteiger partial charge in [-0.2, -0.15) is 0 Å². The Kier molecular flexibility index (Phi) is 2.31. The third kappa shape index (κ3) is 1.59. The van der Waals surface area contributed by atoms with Crippen LogP contribution in [-0.4, -0.2) is 23.4 Å². The van der Waals surface area contributed by atoms with Crippen LogP contribution in [0, 0.1) is 11.8 Å². The maximum atomic E-state index is 11.8. The molecule has 0 radical (unpaired) electrons. The van der Waals surface area contributed by atoms with Gasteiger partial charge in [-0.15, -0.1) is 0 Å². The van der Waals surface area contributed by atoms with Crippen molar-refractivity contribution in [2.75, 3.05) is 6.54 Å². The summed E-state index contributed by atoms with van der Waals surface area (Å²) in [7, 11) is 0. The lowest BCUT2D eigenvalue weighted by Gasteiger charge is -2.34. The van der Waals surface area contributed by atoms with Crippen LogP contribution in [0.25, 0.3) is 0 Å². The predicted molar refractivity (Wildman–Crippen MR) is 52.3 cm³/mol. The van der Waals surface area contributed by atoms with Crippen LogP contribution in [0.1, 0.15) is 39.5 Å². The second kappa shape index (κ2) is 3.32. The van der Waals surface area contributed by atoms with Gasteiger partial charge in [-0.1, -0.05) is 13.8 Å². The van der Waals surface area contributed by atoms with Crippen molar-refractivity contribution >= 4 is 5.91 Å². The highest BCUT2D eigenvalue weighted by Crippen LogP contribution is 2.36. The molecule has 0 N–H and O–H groups in total. The first-order valence-electron chi connectivity index (χ1n) is 5.49. The average Bonchev–Trinajstić information content (AvgIpc) is 2.47. The van der Waals surface area contributed by atoms with Crippen LogP contribution in [0.15, 0.2) is 0 Å². The molecule has 2 rings (SSSR count). The van der Waals surface area contributed by atoms with Gasteiger partial charge in [-0.3, -0.25) is 4.79 Å². The van der Waals surface area contributed by atoms with Crippen molar-refractivity contribution in [3.8, 4) is 0 Å². The van der Waals surface area contributed by atoms with Crippen molar-refractivity contribution in [2.45, 2.75) is 45.6 Å². The Morgan fingerprint density at radius 2 is 2.08 bits per heavy atom. The number of rotatable bonds is 1. The zero-order valence-corrected chi connectivity index (χ0v) is 8.62. The smallest absolute Gasteiger partial charge is 0.225 e. The molecule has 1 saturated heterocycles. The molecule has 0 unspecified atom stereocenters. The molecule has 13 heavy (non-hydrogen) atoms. The van der Waals surface area contributed by atoms with E-state index in [1.54, 1.807) is 0 Å². The monoisotopic (exact) mass is 181 g/mol. The maximum absolute atomic E-state index is 11.8. The number of carbonyl (C=O) groups excluding carboxylic acids is 1. The molecule has 74 valence electrons. The van der Waals surface area contributed by atoms with E-state index >= 15 is 0 Å². The summed E-state index contributed by atoms with van der Waals surface area (Å²) in [4.78, 5) is 13.9. The number of nitrogens with zero attached hydrogens (tertiary/aromatic N) is 1. The van der Waals surface area contributed by atoms with Gasteiger partial charge in [0.05, 0.1) is 0 Å². The number of hydrogen-bond acceptors (Lipinski definition) is 1. The first-order chi connectivity index (χ1) is 6.18. The highest BCUT2D eigenvalue weighted by molar-refractivity contribution is 5.78. The summed E-state index contributed by atoms with van der Waals surface area (Å²) in [6.07, 6.45) is 5.13. The van der Waals surface area contributed by atoms with Gasteiger partial charge >= 0.3 is 0 Å². The summed E-state index contributed by atoms with van der Waals surface area (Å²) in [5.41, 5.74) is 0. The fraction of sp³-hybridized carbons (Fsp3) is 0.909. The zero-order chi connectivity index (χ0) is 9.42. The minimum absolute atomic E-state index is 0.178. The molecule has 1 amide bonds. The van der Waals surface area contributed by atoms with Gasteiger partial charge < -0.3 is 4.90 Å². The first-order valence-corrected chi connectivity index (χ1v) is 5.49. The normalized spacial score (nSPS) is 32.7. The summed E-state index contributed by atoms with van der Waals surface area (Å²) >= 11 is 0. The summed E-state index contributed by atoms with van der Waals surface area (Å²) in [5, 5.41) is 0. The lowest BCUT2D eigenvalue weighted by molar-refractivity contribution is -0.137. The summed E-state index contributed by atoms with van der Waals surface area (Å²) in [6.45, 7) is 5.03. The van der Waals surface area contributed by atoms with Gasteiger partial charge in [0, 0.05) is 18.5 Å². The number of amides is 1. The second-order valence-electron chi connectivity index (χ2n) is 4.81. The van der Waals surface area contributed by atoms with E-state index in [1.807, 2.05) is 13.8 Å². The fourth-order valence-electron chi connectivity index (χ4n) is 2.72. The SMILES string of the molecule is CC(C)C(=O)N1CC[C@@H]2CC[C@H]1C2. The molecule has 1 heterocycles. The minimum Gasteiger partial charge on any atom is -0.339 e. The van der Waals surface area contributed by atoms with E-state index < -0.39 is 0 Å². The Labute approximate surface area is 80.3 Å². The van der Waals surface area contributed by atoms with E-state index in [-0.39, 0.29) is 5.92 Å². The van der Waals surface area contributed by atoms with E-state index in [1.165, 1.54) is 25.7 Å². The molecule has 1 aliphatic heterocycles. The molecule has 0 aromatic rings. The van der Waals surface area contributed by atoms with Crippen LogP contribution in [-0.2, 0) is 4.79 Å². The number of carbonyl (C=O) groups is 1. The Balaban J connectivity index is 2.03. The highest BCUT2D eigenvalue weighted by atomic mass is 16.2. The summed E-state index contributed by atoms with van der Waals surface area (Å²) in [5.74, 6) is 1.48. The van der Waals surface area contributed by atoms with Gasteiger partial charge in [-0.05, 0) is 31.6 Å². The van der Waals surface area contributed by atoms with E-state index in [2.05, 4.69) is 4.90 Å². The number of fused-ring (bicyclic) bond motifs is 2. The lowest BCUT2D eigenvalue weighted by Crippen LogP contribution is -2.44. The van der Waals surface area contributed by atoms with Gasteiger partial charge in [0.25, 0.3) is 0 Å². The summed E-state index contributed by atoms with van der Waals surface area (Å²) < 4.78 is 0. The van der Waals surface area contributed by atoms with Crippen LogP contribution < -0.4 is 0 Å². The molecule has 2 bridgehead atoms. The van der Waals surface area contributed by atoms with Crippen LogP contribution >= 0.6 is 0 Å². The molecule has 2 fully saturated rings. The van der Waals surface area contributed by atoms with E-state index in [0.717, 1.165) is 12.5 Å². The first kappa shape index (κ1) is 9.04. The van der Waals surface area contributed by atoms with Crippen LogP contribution in [0.3, 0.4) is 0 Å². The predicted octanol–water partition coefficient (Wildman–Crippen LogP) is 2.04. The Hall–Kier alpha value is -0.530. The van der Waals surface area contributed by atoms with Crippen molar-refractivity contribution in [1.29, 1.82) is 0 Å². The van der Waals surface area contributed by atoms with Gasteiger partial charge in [-0.25, -0.2) is 0 Å². The Morgan fingerprint density at radius 1 is 1.31 bits per heavy atom. The lowest BCUT2D eigenvalue weighted by atomic mass is 9.98. The number of hydrogen-bond donors (Lipinski definition) is 0. The van der Waals surface area contributed by atoms with Crippen molar-refractivity contribution in [3.63, 3.8) is 0 Å². The molecule has 0 spiro atoms. The molecule has 1 aliphatic carbocycles. The fourth-order valence-corrected chi connectivity index (χ4v) is 2.72.